The van der Waals surface area contributed by atoms with Gasteiger partial charge in [0.15, 0.2) is 5.60 Å². The number of hydrogen-bond acceptors (Lipinski definition) is 3. The van der Waals surface area contributed by atoms with Crippen molar-refractivity contribution in [3.63, 3.8) is 0 Å². The summed E-state index contributed by atoms with van der Waals surface area (Å²) in [5.41, 5.74) is 0.920. The van der Waals surface area contributed by atoms with Gasteiger partial charge in [0.05, 0.1) is 5.69 Å². The van der Waals surface area contributed by atoms with Gasteiger partial charge in [-0.05, 0) is 64.7 Å². The quantitative estimate of drug-likeness (QED) is 0.845. The van der Waals surface area contributed by atoms with Crippen LogP contribution in [0.4, 0.5) is 5.69 Å². The number of benzene rings is 1. The lowest BCUT2D eigenvalue weighted by Crippen LogP contribution is -2.53. The SMILES string of the molecule is Cc1ccc2c(c1)N(CCC(=O)N1CCCCC1C)C(=O)C(C)(C)O2. The van der Waals surface area contributed by atoms with Crippen molar-refractivity contribution in [1.29, 1.82) is 0 Å². The van der Waals surface area contributed by atoms with Gasteiger partial charge in [0, 0.05) is 25.6 Å². The summed E-state index contributed by atoms with van der Waals surface area (Å²) in [6.07, 6.45) is 3.67. The highest BCUT2D eigenvalue weighted by Gasteiger charge is 2.41. The number of hydrogen-bond donors (Lipinski definition) is 0. The highest BCUT2D eigenvalue weighted by atomic mass is 16.5. The Morgan fingerprint density at radius 2 is 2.08 bits per heavy atom. The van der Waals surface area contributed by atoms with Crippen molar-refractivity contribution in [2.75, 3.05) is 18.0 Å². The third-order valence-corrected chi connectivity index (χ3v) is 5.20. The van der Waals surface area contributed by atoms with Crippen LogP contribution in [0.25, 0.3) is 0 Å². The van der Waals surface area contributed by atoms with Crippen molar-refractivity contribution in [3.8, 4) is 5.75 Å². The molecule has 3 rings (SSSR count). The van der Waals surface area contributed by atoms with Crippen molar-refractivity contribution in [3.05, 3.63) is 23.8 Å². The van der Waals surface area contributed by atoms with Gasteiger partial charge in [-0.3, -0.25) is 9.59 Å². The molecule has 2 aliphatic rings. The molecule has 1 aromatic carbocycles. The minimum Gasteiger partial charge on any atom is -0.476 e. The van der Waals surface area contributed by atoms with E-state index in [-0.39, 0.29) is 11.8 Å². The van der Waals surface area contributed by atoms with Crippen molar-refractivity contribution in [2.24, 2.45) is 0 Å². The fourth-order valence-corrected chi connectivity index (χ4v) is 3.72. The Bertz CT molecular complexity index is 684. The molecule has 2 heterocycles. The number of carbonyl (C=O) groups is 2. The van der Waals surface area contributed by atoms with Crippen molar-refractivity contribution >= 4 is 17.5 Å². The first-order valence-electron chi connectivity index (χ1n) is 9.21. The van der Waals surface area contributed by atoms with Crippen LogP contribution in [0.15, 0.2) is 18.2 Å². The maximum atomic E-state index is 12.9. The number of likely N-dealkylation sites (tertiary alicyclic amines) is 1. The molecule has 25 heavy (non-hydrogen) atoms. The van der Waals surface area contributed by atoms with E-state index >= 15 is 0 Å². The first-order chi connectivity index (χ1) is 11.8. The highest BCUT2D eigenvalue weighted by Crippen LogP contribution is 2.38. The maximum Gasteiger partial charge on any atom is 0.270 e. The van der Waals surface area contributed by atoms with Gasteiger partial charge in [-0.2, -0.15) is 0 Å². The molecule has 2 amide bonds. The second kappa shape index (κ2) is 6.70. The molecule has 0 bridgehead atoms. The Balaban J connectivity index is 1.77. The number of carbonyl (C=O) groups excluding carboxylic acids is 2. The number of rotatable bonds is 3. The lowest BCUT2D eigenvalue weighted by atomic mass is 10.0. The number of ether oxygens (including phenoxy) is 1. The highest BCUT2D eigenvalue weighted by molar-refractivity contribution is 6.02. The molecule has 1 aromatic rings. The van der Waals surface area contributed by atoms with Gasteiger partial charge in [-0.25, -0.2) is 0 Å². The largest absolute Gasteiger partial charge is 0.476 e. The molecular weight excluding hydrogens is 316 g/mol. The van der Waals surface area contributed by atoms with Crippen LogP contribution in [0.2, 0.25) is 0 Å². The number of fused-ring (bicyclic) bond motifs is 1. The van der Waals surface area contributed by atoms with Gasteiger partial charge >= 0.3 is 0 Å². The molecule has 5 heteroatoms. The second-order valence-corrected chi connectivity index (χ2v) is 7.72. The number of piperidine rings is 1. The lowest BCUT2D eigenvalue weighted by molar-refractivity contribution is -0.135. The molecule has 5 nitrogen and oxygen atoms in total. The van der Waals surface area contributed by atoms with Crippen LogP contribution in [0, 0.1) is 6.92 Å². The van der Waals surface area contributed by atoms with Crippen LogP contribution in [-0.2, 0) is 9.59 Å². The van der Waals surface area contributed by atoms with E-state index in [0.717, 1.165) is 30.6 Å². The van der Waals surface area contributed by atoms with Crippen LogP contribution in [0.5, 0.6) is 5.75 Å². The van der Waals surface area contributed by atoms with Gasteiger partial charge in [0.2, 0.25) is 5.91 Å². The zero-order chi connectivity index (χ0) is 18.2. The van der Waals surface area contributed by atoms with E-state index in [2.05, 4.69) is 6.92 Å². The molecule has 1 unspecified atom stereocenters. The van der Waals surface area contributed by atoms with Gasteiger partial charge in [0.1, 0.15) is 5.75 Å². The molecule has 2 aliphatic heterocycles. The first-order valence-corrected chi connectivity index (χ1v) is 9.21. The van der Waals surface area contributed by atoms with Crippen molar-refractivity contribution < 1.29 is 14.3 Å². The van der Waals surface area contributed by atoms with E-state index in [4.69, 9.17) is 4.74 Å². The molecule has 0 aliphatic carbocycles. The van der Waals surface area contributed by atoms with Crippen LogP contribution in [-0.4, -0.2) is 41.4 Å². The maximum absolute atomic E-state index is 12.9. The van der Waals surface area contributed by atoms with Gasteiger partial charge < -0.3 is 14.5 Å². The zero-order valence-corrected chi connectivity index (χ0v) is 15.7. The fourth-order valence-electron chi connectivity index (χ4n) is 3.72. The molecule has 0 spiro atoms. The molecule has 136 valence electrons. The predicted molar refractivity (Wildman–Crippen MR) is 97.9 cm³/mol. The zero-order valence-electron chi connectivity index (χ0n) is 15.7. The molecule has 1 fully saturated rings. The topological polar surface area (TPSA) is 49.9 Å². The molecule has 0 radical (unpaired) electrons. The van der Waals surface area contributed by atoms with E-state index in [9.17, 15) is 9.59 Å². The normalized spacial score (nSPS) is 22.4. The summed E-state index contributed by atoms with van der Waals surface area (Å²) < 4.78 is 5.87. The van der Waals surface area contributed by atoms with Crippen molar-refractivity contribution in [2.45, 2.75) is 65.0 Å². The Kier molecular flexibility index (Phi) is 4.76. The van der Waals surface area contributed by atoms with E-state index in [1.165, 1.54) is 6.42 Å². The lowest BCUT2D eigenvalue weighted by Gasteiger charge is -2.39. The predicted octanol–water partition coefficient (Wildman–Crippen LogP) is 3.29. The summed E-state index contributed by atoms with van der Waals surface area (Å²) in [5.74, 6) is 0.748. The number of nitrogens with zero attached hydrogens (tertiary/aromatic N) is 2. The van der Waals surface area contributed by atoms with Crippen molar-refractivity contribution in [1.82, 2.24) is 4.90 Å². The molecule has 0 aromatic heterocycles. The summed E-state index contributed by atoms with van der Waals surface area (Å²) in [7, 11) is 0. The van der Waals surface area contributed by atoms with Crippen LogP contribution < -0.4 is 9.64 Å². The Hall–Kier alpha value is -2.04. The van der Waals surface area contributed by atoms with Gasteiger partial charge in [-0.15, -0.1) is 0 Å². The summed E-state index contributed by atoms with van der Waals surface area (Å²) in [6.45, 7) is 8.88. The second-order valence-electron chi connectivity index (χ2n) is 7.72. The van der Waals surface area contributed by atoms with Crippen LogP contribution in [0.3, 0.4) is 0 Å². The average molecular weight is 344 g/mol. The summed E-state index contributed by atoms with van der Waals surface area (Å²) in [4.78, 5) is 29.2. The fraction of sp³-hybridized carbons (Fsp3) is 0.600. The number of amides is 2. The third-order valence-electron chi connectivity index (χ3n) is 5.20. The van der Waals surface area contributed by atoms with E-state index in [1.807, 2.05) is 30.0 Å². The molecule has 1 saturated heterocycles. The Morgan fingerprint density at radius 1 is 1.32 bits per heavy atom. The van der Waals surface area contributed by atoms with Gasteiger partial charge in [-0.1, -0.05) is 6.07 Å². The van der Waals surface area contributed by atoms with E-state index < -0.39 is 5.60 Å². The van der Waals surface area contributed by atoms with Crippen LogP contribution >= 0.6 is 0 Å². The first kappa shape index (κ1) is 17.8. The summed E-state index contributed by atoms with van der Waals surface area (Å²) in [5, 5.41) is 0. The summed E-state index contributed by atoms with van der Waals surface area (Å²) >= 11 is 0. The van der Waals surface area contributed by atoms with E-state index in [1.54, 1.807) is 18.7 Å². The Labute approximate surface area is 149 Å². The van der Waals surface area contributed by atoms with Gasteiger partial charge in [0.25, 0.3) is 5.91 Å². The number of anilines is 1. The minimum atomic E-state index is -0.913. The Morgan fingerprint density at radius 3 is 2.80 bits per heavy atom. The average Bonchev–Trinajstić information content (AvgIpc) is 2.56. The molecule has 0 saturated carbocycles. The minimum absolute atomic E-state index is 0.0925. The third kappa shape index (κ3) is 3.51. The van der Waals surface area contributed by atoms with Crippen LogP contribution in [0.1, 0.15) is 52.0 Å². The summed E-state index contributed by atoms with van der Waals surface area (Å²) in [6, 6.07) is 6.13. The monoisotopic (exact) mass is 344 g/mol. The molecule has 1 atom stereocenters. The smallest absolute Gasteiger partial charge is 0.270 e. The molecular formula is C20H28N2O3. The number of aryl methyl sites for hydroxylation is 1. The van der Waals surface area contributed by atoms with E-state index in [0.29, 0.717) is 24.8 Å². The molecule has 0 N–H and O–H groups in total. The standard InChI is InChI=1S/C20H28N2O3/c1-14-8-9-17-16(13-14)22(19(24)20(3,4)25-17)12-10-18(23)21-11-6-5-7-15(21)2/h8-9,13,15H,5-7,10-12H2,1-4H3.